The number of hydrogen-bond acceptors (Lipinski definition) is 2. The fourth-order valence-electron chi connectivity index (χ4n) is 2.32. The van der Waals surface area contributed by atoms with Crippen LogP contribution in [0.25, 0.3) is 5.69 Å². The molecule has 114 valence electrons. The molecule has 0 atom stereocenters. The SMILES string of the molecule is CCCc1nccn1-c1ccc(CNCC(C)C)cc1F. The second-order valence-corrected chi connectivity index (χ2v) is 5.77. The first-order valence-corrected chi connectivity index (χ1v) is 7.63. The van der Waals surface area contributed by atoms with Crippen molar-refractivity contribution in [2.75, 3.05) is 6.54 Å². The molecule has 0 aliphatic heterocycles. The van der Waals surface area contributed by atoms with Crippen LogP contribution in [0.5, 0.6) is 0 Å². The number of imidazole rings is 1. The molecule has 2 aromatic rings. The lowest BCUT2D eigenvalue weighted by molar-refractivity contribution is 0.549. The Balaban J connectivity index is 2.13. The lowest BCUT2D eigenvalue weighted by Crippen LogP contribution is -2.19. The van der Waals surface area contributed by atoms with Crippen molar-refractivity contribution in [2.24, 2.45) is 5.92 Å². The van der Waals surface area contributed by atoms with Gasteiger partial charge in [-0.1, -0.05) is 26.8 Å². The topological polar surface area (TPSA) is 29.9 Å². The van der Waals surface area contributed by atoms with Gasteiger partial charge in [0.2, 0.25) is 0 Å². The van der Waals surface area contributed by atoms with Crippen LogP contribution in [0.1, 0.15) is 38.6 Å². The molecule has 0 saturated carbocycles. The van der Waals surface area contributed by atoms with Crippen molar-refractivity contribution in [1.29, 1.82) is 0 Å². The Morgan fingerprint density at radius 2 is 2.14 bits per heavy atom. The van der Waals surface area contributed by atoms with Gasteiger partial charge in [0.15, 0.2) is 0 Å². The molecular weight excluding hydrogens is 265 g/mol. The molecular formula is C17H24FN3. The molecule has 1 heterocycles. The Hall–Kier alpha value is -1.68. The van der Waals surface area contributed by atoms with E-state index in [1.165, 1.54) is 0 Å². The van der Waals surface area contributed by atoms with E-state index in [4.69, 9.17) is 0 Å². The number of aromatic nitrogens is 2. The van der Waals surface area contributed by atoms with E-state index in [1.807, 2.05) is 22.9 Å². The zero-order valence-electron chi connectivity index (χ0n) is 13.1. The fraction of sp³-hybridized carbons (Fsp3) is 0.471. The normalized spacial score (nSPS) is 11.3. The predicted molar refractivity (Wildman–Crippen MR) is 84.1 cm³/mol. The molecule has 0 amide bonds. The van der Waals surface area contributed by atoms with E-state index in [2.05, 4.69) is 31.1 Å². The highest BCUT2D eigenvalue weighted by Gasteiger charge is 2.09. The molecule has 0 radical (unpaired) electrons. The first-order valence-electron chi connectivity index (χ1n) is 7.63. The van der Waals surface area contributed by atoms with Crippen molar-refractivity contribution in [3.8, 4) is 5.69 Å². The molecule has 2 rings (SSSR count). The van der Waals surface area contributed by atoms with Crippen LogP contribution in [0.4, 0.5) is 4.39 Å². The van der Waals surface area contributed by atoms with Gasteiger partial charge in [0.1, 0.15) is 11.6 Å². The quantitative estimate of drug-likeness (QED) is 0.842. The first kappa shape index (κ1) is 15.7. The summed E-state index contributed by atoms with van der Waals surface area (Å²) in [6.45, 7) is 8.04. The van der Waals surface area contributed by atoms with E-state index in [0.717, 1.165) is 30.8 Å². The summed E-state index contributed by atoms with van der Waals surface area (Å²) in [4.78, 5) is 4.30. The maximum Gasteiger partial charge on any atom is 0.147 e. The van der Waals surface area contributed by atoms with Crippen molar-refractivity contribution >= 4 is 0 Å². The first-order chi connectivity index (χ1) is 10.1. The van der Waals surface area contributed by atoms with Crippen LogP contribution in [0.2, 0.25) is 0 Å². The van der Waals surface area contributed by atoms with Crippen molar-refractivity contribution in [3.63, 3.8) is 0 Å². The average molecular weight is 289 g/mol. The third kappa shape index (κ3) is 4.14. The Morgan fingerprint density at radius 3 is 2.81 bits per heavy atom. The summed E-state index contributed by atoms with van der Waals surface area (Å²) in [7, 11) is 0. The number of nitrogens with zero attached hydrogens (tertiary/aromatic N) is 2. The summed E-state index contributed by atoms with van der Waals surface area (Å²) >= 11 is 0. The van der Waals surface area contributed by atoms with Crippen LogP contribution in [-0.2, 0) is 13.0 Å². The van der Waals surface area contributed by atoms with Gasteiger partial charge in [-0.25, -0.2) is 9.37 Å². The highest BCUT2D eigenvalue weighted by molar-refractivity contribution is 5.37. The van der Waals surface area contributed by atoms with Gasteiger partial charge in [0.05, 0.1) is 5.69 Å². The van der Waals surface area contributed by atoms with Gasteiger partial charge in [-0.15, -0.1) is 0 Å². The Bertz CT molecular complexity index is 575. The van der Waals surface area contributed by atoms with Gasteiger partial charge in [0.25, 0.3) is 0 Å². The molecule has 0 unspecified atom stereocenters. The van der Waals surface area contributed by atoms with Crippen LogP contribution >= 0.6 is 0 Å². The molecule has 0 fully saturated rings. The molecule has 21 heavy (non-hydrogen) atoms. The minimum Gasteiger partial charge on any atom is -0.312 e. The Labute approximate surface area is 126 Å². The lowest BCUT2D eigenvalue weighted by atomic mass is 10.1. The summed E-state index contributed by atoms with van der Waals surface area (Å²) in [5.74, 6) is 1.30. The third-order valence-electron chi connectivity index (χ3n) is 3.34. The second-order valence-electron chi connectivity index (χ2n) is 5.77. The van der Waals surface area contributed by atoms with Gasteiger partial charge in [-0.3, -0.25) is 0 Å². The van der Waals surface area contributed by atoms with Crippen LogP contribution in [0.15, 0.2) is 30.6 Å². The number of benzene rings is 1. The number of rotatable bonds is 7. The van der Waals surface area contributed by atoms with Crippen LogP contribution in [0.3, 0.4) is 0 Å². The monoisotopic (exact) mass is 289 g/mol. The molecule has 1 aromatic heterocycles. The molecule has 0 aliphatic rings. The van der Waals surface area contributed by atoms with Crippen LogP contribution < -0.4 is 5.32 Å². The van der Waals surface area contributed by atoms with Crippen LogP contribution in [0, 0.1) is 11.7 Å². The highest BCUT2D eigenvalue weighted by Crippen LogP contribution is 2.18. The molecule has 0 aliphatic carbocycles. The van der Waals surface area contributed by atoms with E-state index in [1.54, 1.807) is 12.3 Å². The molecule has 4 heteroatoms. The molecule has 0 spiro atoms. The predicted octanol–water partition coefficient (Wildman–Crippen LogP) is 3.71. The second kappa shape index (κ2) is 7.36. The van der Waals surface area contributed by atoms with Gasteiger partial charge < -0.3 is 9.88 Å². The maximum atomic E-state index is 14.3. The summed E-state index contributed by atoms with van der Waals surface area (Å²) in [5, 5.41) is 3.33. The Kier molecular flexibility index (Phi) is 5.51. The fourth-order valence-corrected chi connectivity index (χ4v) is 2.32. The van der Waals surface area contributed by atoms with Crippen molar-refractivity contribution in [2.45, 2.75) is 40.2 Å². The van der Waals surface area contributed by atoms with Gasteiger partial charge in [-0.05, 0) is 36.6 Å². The molecule has 3 nitrogen and oxygen atoms in total. The standard InChI is InChI=1S/C17H24FN3/c1-4-5-17-20-8-9-21(17)16-7-6-14(10-15(16)18)12-19-11-13(2)3/h6-10,13,19H,4-5,11-12H2,1-3H3. The largest absolute Gasteiger partial charge is 0.312 e. The number of hydrogen-bond donors (Lipinski definition) is 1. The molecule has 0 bridgehead atoms. The van der Waals surface area contributed by atoms with E-state index in [-0.39, 0.29) is 5.82 Å². The summed E-state index contributed by atoms with van der Waals surface area (Å²) in [6, 6.07) is 5.42. The molecule has 1 N–H and O–H groups in total. The van der Waals surface area contributed by atoms with Crippen LogP contribution in [-0.4, -0.2) is 16.1 Å². The Morgan fingerprint density at radius 1 is 1.33 bits per heavy atom. The van der Waals surface area contributed by atoms with Gasteiger partial charge in [0, 0.05) is 25.4 Å². The number of aryl methyl sites for hydroxylation is 1. The minimum absolute atomic E-state index is 0.200. The minimum atomic E-state index is -0.200. The van der Waals surface area contributed by atoms with E-state index >= 15 is 0 Å². The van der Waals surface area contributed by atoms with E-state index in [0.29, 0.717) is 18.2 Å². The molecule has 1 aromatic carbocycles. The summed E-state index contributed by atoms with van der Waals surface area (Å²) in [5.41, 5.74) is 1.54. The van der Waals surface area contributed by atoms with Crippen molar-refractivity contribution in [1.82, 2.24) is 14.9 Å². The zero-order valence-corrected chi connectivity index (χ0v) is 13.1. The lowest BCUT2D eigenvalue weighted by Gasteiger charge is -2.11. The van der Waals surface area contributed by atoms with Gasteiger partial charge >= 0.3 is 0 Å². The zero-order chi connectivity index (χ0) is 15.2. The van der Waals surface area contributed by atoms with E-state index < -0.39 is 0 Å². The van der Waals surface area contributed by atoms with E-state index in [9.17, 15) is 4.39 Å². The smallest absolute Gasteiger partial charge is 0.147 e. The van der Waals surface area contributed by atoms with Crippen molar-refractivity contribution < 1.29 is 4.39 Å². The van der Waals surface area contributed by atoms with Crippen molar-refractivity contribution in [3.05, 3.63) is 47.8 Å². The number of nitrogens with one attached hydrogen (secondary N) is 1. The summed E-state index contributed by atoms with van der Waals surface area (Å²) < 4.78 is 16.2. The maximum absolute atomic E-state index is 14.3. The number of halogens is 1. The molecule has 0 saturated heterocycles. The van der Waals surface area contributed by atoms with Gasteiger partial charge in [-0.2, -0.15) is 0 Å². The average Bonchev–Trinajstić information content (AvgIpc) is 2.87. The third-order valence-corrected chi connectivity index (χ3v) is 3.34. The highest BCUT2D eigenvalue weighted by atomic mass is 19.1. The summed E-state index contributed by atoms with van der Waals surface area (Å²) in [6.07, 6.45) is 5.39.